The normalized spacial score (nSPS) is 21.5. The Hall–Kier alpha value is -2.41. The molecule has 1 heteroatoms. The minimum atomic E-state index is 0.786. The number of hydrogen-bond donors (Lipinski definition) is 0. The fraction of sp³-hybridized carbons (Fsp3) is 0.261. The van der Waals surface area contributed by atoms with Crippen molar-refractivity contribution < 1.29 is 0 Å². The second-order valence-corrected chi connectivity index (χ2v) is 7.19. The van der Waals surface area contributed by atoms with E-state index in [1.165, 1.54) is 42.4 Å². The third-order valence-corrected chi connectivity index (χ3v) is 5.86. The van der Waals surface area contributed by atoms with Crippen LogP contribution in [0.4, 0.5) is 0 Å². The molecule has 118 valence electrons. The molecule has 1 saturated carbocycles. The second-order valence-electron chi connectivity index (χ2n) is 7.19. The molecule has 2 aromatic carbocycles. The minimum absolute atomic E-state index is 0.786. The SMILES string of the molecule is c1ccc(-c2ccc(-c3ccc4c(c3)C3CCC4CC3)nc2)cc1. The Balaban J connectivity index is 1.50. The molecular weight excluding hydrogens is 290 g/mol. The molecule has 0 saturated heterocycles. The lowest BCUT2D eigenvalue weighted by Crippen LogP contribution is -2.21. The van der Waals surface area contributed by atoms with Crippen LogP contribution in [0.5, 0.6) is 0 Å². The van der Waals surface area contributed by atoms with Crippen molar-refractivity contribution >= 4 is 0 Å². The van der Waals surface area contributed by atoms with Gasteiger partial charge in [-0.1, -0.05) is 48.5 Å². The molecule has 6 rings (SSSR count). The average molecular weight is 311 g/mol. The molecule has 3 aliphatic carbocycles. The topological polar surface area (TPSA) is 12.9 Å². The van der Waals surface area contributed by atoms with E-state index in [1.807, 2.05) is 12.3 Å². The van der Waals surface area contributed by atoms with Crippen molar-refractivity contribution in [2.45, 2.75) is 37.5 Å². The third kappa shape index (κ3) is 2.27. The van der Waals surface area contributed by atoms with Crippen molar-refractivity contribution in [3.8, 4) is 22.4 Å². The quantitative estimate of drug-likeness (QED) is 0.551. The number of rotatable bonds is 2. The lowest BCUT2D eigenvalue weighted by molar-refractivity contribution is 0.359. The fourth-order valence-electron chi connectivity index (χ4n) is 4.54. The number of nitrogens with zero attached hydrogens (tertiary/aromatic N) is 1. The van der Waals surface area contributed by atoms with E-state index in [2.05, 4.69) is 54.6 Å². The van der Waals surface area contributed by atoms with Crippen molar-refractivity contribution in [3.05, 3.63) is 78.0 Å². The maximum atomic E-state index is 4.74. The van der Waals surface area contributed by atoms with Crippen LogP contribution in [-0.2, 0) is 0 Å². The van der Waals surface area contributed by atoms with Crippen molar-refractivity contribution in [2.24, 2.45) is 0 Å². The summed E-state index contributed by atoms with van der Waals surface area (Å²) in [5, 5.41) is 0. The first-order valence-corrected chi connectivity index (χ1v) is 9.04. The molecule has 3 aromatic rings. The minimum Gasteiger partial charge on any atom is -0.256 e. The van der Waals surface area contributed by atoms with Gasteiger partial charge in [0.15, 0.2) is 0 Å². The third-order valence-electron chi connectivity index (χ3n) is 5.86. The first-order chi connectivity index (χ1) is 11.9. The number of aromatic nitrogens is 1. The summed E-state index contributed by atoms with van der Waals surface area (Å²) < 4.78 is 0. The van der Waals surface area contributed by atoms with Crippen molar-refractivity contribution in [1.82, 2.24) is 4.98 Å². The Labute approximate surface area is 143 Å². The van der Waals surface area contributed by atoms with Crippen LogP contribution >= 0.6 is 0 Å². The second kappa shape index (κ2) is 5.59. The molecule has 2 bridgehead atoms. The predicted molar refractivity (Wildman–Crippen MR) is 99.1 cm³/mol. The zero-order valence-corrected chi connectivity index (χ0v) is 13.8. The smallest absolute Gasteiger partial charge is 0.0702 e. The summed E-state index contributed by atoms with van der Waals surface area (Å²) >= 11 is 0. The molecular formula is C23H21N. The lowest BCUT2D eigenvalue weighted by Gasteiger charge is -2.38. The van der Waals surface area contributed by atoms with Gasteiger partial charge in [0.25, 0.3) is 0 Å². The number of fused-ring (bicyclic) bond motifs is 2. The molecule has 1 nitrogen and oxygen atoms in total. The molecule has 0 N–H and O–H groups in total. The van der Waals surface area contributed by atoms with Gasteiger partial charge >= 0.3 is 0 Å². The molecule has 3 aliphatic rings. The van der Waals surface area contributed by atoms with E-state index in [4.69, 9.17) is 4.98 Å². The van der Waals surface area contributed by atoms with Crippen LogP contribution in [0.1, 0.15) is 48.6 Å². The maximum absolute atomic E-state index is 4.74. The highest BCUT2D eigenvalue weighted by Crippen LogP contribution is 2.49. The van der Waals surface area contributed by atoms with Gasteiger partial charge in [0, 0.05) is 17.3 Å². The first kappa shape index (κ1) is 14.0. The molecule has 24 heavy (non-hydrogen) atoms. The van der Waals surface area contributed by atoms with Gasteiger partial charge in [0.1, 0.15) is 0 Å². The first-order valence-electron chi connectivity index (χ1n) is 9.04. The van der Waals surface area contributed by atoms with Gasteiger partial charge < -0.3 is 0 Å². The summed E-state index contributed by atoms with van der Waals surface area (Å²) in [7, 11) is 0. The van der Waals surface area contributed by atoms with E-state index in [-0.39, 0.29) is 0 Å². The van der Waals surface area contributed by atoms with E-state index in [0.717, 1.165) is 17.5 Å². The van der Waals surface area contributed by atoms with Crippen LogP contribution in [0, 0.1) is 0 Å². The van der Waals surface area contributed by atoms with E-state index < -0.39 is 0 Å². The van der Waals surface area contributed by atoms with E-state index in [9.17, 15) is 0 Å². The van der Waals surface area contributed by atoms with Crippen LogP contribution in [0.15, 0.2) is 66.9 Å². The van der Waals surface area contributed by atoms with E-state index in [0.29, 0.717) is 0 Å². The van der Waals surface area contributed by atoms with Gasteiger partial charge in [-0.2, -0.15) is 0 Å². The number of hydrogen-bond acceptors (Lipinski definition) is 1. The Kier molecular flexibility index (Phi) is 3.26. The predicted octanol–water partition coefficient (Wildman–Crippen LogP) is 6.17. The zero-order chi connectivity index (χ0) is 15.9. The molecule has 1 heterocycles. The standard InChI is InChI=1S/C23H21N/c1-2-4-16(5-3-1)20-11-13-23(24-15-20)19-10-12-21-17-6-8-18(9-7-17)22(21)14-19/h1-5,10-15,17-18H,6-9H2. The fourth-order valence-corrected chi connectivity index (χ4v) is 4.54. The molecule has 0 amide bonds. The van der Waals surface area contributed by atoms with Gasteiger partial charge in [-0.3, -0.25) is 4.98 Å². The molecule has 0 spiro atoms. The van der Waals surface area contributed by atoms with Crippen LogP contribution < -0.4 is 0 Å². The van der Waals surface area contributed by atoms with Crippen LogP contribution in [0.25, 0.3) is 22.4 Å². The van der Waals surface area contributed by atoms with Crippen molar-refractivity contribution in [1.29, 1.82) is 0 Å². The monoisotopic (exact) mass is 311 g/mol. The zero-order valence-electron chi connectivity index (χ0n) is 13.8. The maximum Gasteiger partial charge on any atom is 0.0702 e. The Morgan fingerprint density at radius 2 is 1.33 bits per heavy atom. The molecule has 1 aromatic heterocycles. The summed E-state index contributed by atoms with van der Waals surface area (Å²) in [6.45, 7) is 0. The van der Waals surface area contributed by atoms with Crippen LogP contribution in [-0.4, -0.2) is 4.98 Å². The molecule has 0 unspecified atom stereocenters. The van der Waals surface area contributed by atoms with Crippen molar-refractivity contribution in [3.63, 3.8) is 0 Å². The number of pyridine rings is 1. The molecule has 1 fully saturated rings. The highest BCUT2D eigenvalue weighted by atomic mass is 14.7. The van der Waals surface area contributed by atoms with Gasteiger partial charge in [0.05, 0.1) is 5.69 Å². The summed E-state index contributed by atoms with van der Waals surface area (Å²) in [5.41, 5.74) is 7.96. The van der Waals surface area contributed by atoms with E-state index in [1.54, 1.807) is 11.1 Å². The highest BCUT2D eigenvalue weighted by Gasteiger charge is 2.32. The molecule has 0 aliphatic heterocycles. The number of benzene rings is 2. The molecule has 0 atom stereocenters. The summed E-state index contributed by atoms with van der Waals surface area (Å²) in [6.07, 6.45) is 7.53. The summed E-state index contributed by atoms with van der Waals surface area (Å²) in [5.74, 6) is 1.60. The van der Waals surface area contributed by atoms with Crippen molar-refractivity contribution in [2.75, 3.05) is 0 Å². The van der Waals surface area contributed by atoms with E-state index >= 15 is 0 Å². The highest BCUT2D eigenvalue weighted by molar-refractivity contribution is 5.67. The summed E-state index contributed by atoms with van der Waals surface area (Å²) in [6, 6.07) is 21.8. The van der Waals surface area contributed by atoms with Gasteiger partial charge in [0.2, 0.25) is 0 Å². The van der Waals surface area contributed by atoms with Crippen LogP contribution in [0.2, 0.25) is 0 Å². The van der Waals surface area contributed by atoms with Gasteiger partial charge in [-0.25, -0.2) is 0 Å². The lowest BCUT2D eigenvalue weighted by atomic mass is 9.67. The summed E-state index contributed by atoms with van der Waals surface area (Å²) in [4.78, 5) is 4.74. The van der Waals surface area contributed by atoms with Gasteiger partial charge in [-0.05, 0) is 66.3 Å². The van der Waals surface area contributed by atoms with Gasteiger partial charge in [-0.15, -0.1) is 0 Å². The Bertz CT molecular complexity index is 856. The Morgan fingerprint density at radius 3 is 2.04 bits per heavy atom. The van der Waals surface area contributed by atoms with Crippen LogP contribution in [0.3, 0.4) is 0 Å². The Morgan fingerprint density at radius 1 is 0.625 bits per heavy atom. The average Bonchev–Trinajstić information content (AvgIpc) is 2.69. The largest absolute Gasteiger partial charge is 0.256 e. The molecule has 0 radical (unpaired) electrons.